The number of nitrogens with one attached hydrogen (secondary N) is 1. The molecule has 1 unspecified atom stereocenters. The predicted octanol–water partition coefficient (Wildman–Crippen LogP) is 2.92. The van der Waals surface area contributed by atoms with Crippen molar-refractivity contribution in [3.8, 4) is 0 Å². The molecule has 0 spiro atoms. The average Bonchev–Trinajstić information content (AvgIpc) is 3.11. The number of amides is 4. The van der Waals surface area contributed by atoms with Gasteiger partial charge in [0.1, 0.15) is 5.66 Å². The molecule has 8 heteroatoms. The molecule has 8 nitrogen and oxygen atoms in total. The van der Waals surface area contributed by atoms with E-state index in [0.29, 0.717) is 68.9 Å². The Bertz CT molecular complexity index is 969. The number of carbonyl (C=O) groups excluding carboxylic acids is 4. The van der Waals surface area contributed by atoms with Crippen molar-refractivity contribution in [2.45, 2.75) is 77.4 Å². The molecule has 1 aromatic rings. The van der Waals surface area contributed by atoms with Crippen molar-refractivity contribution in [2.75, 3.05) is 24.5 Å². The Morgan fingerprint density at radius 3 is 2.56 bits per heavy atom. The first-order valence-corrected chi connectivity index (χ1v) is 12.5. The standard InChI is InChI=1S/C26H36N4O4/c1-18(2)17-24(33)28-15-11-19(12-16-28)27-22(31)9-6-14-29-25(34)20-7-4-5-8-21(20)30-23(32)10-13-26(29,30)3/h4-5,7-8,18-19H,6,9-17H2,1-3H3,(H,27,31). The van der Waals surface area contributed by atoms with Crippen molar-refractivity contribution < 1.29 is 19.2 Å². The molecule has 34 heavy (non-hydrogen) atoms. The number of nitrogens with zero attached hydrogens (tertiary/aromatic N) is 3. The number of rotatable bonds is 7. The lowest BCUT2D eigenvalue weighted by molar-refractivity contribution is -0.133. The van der Waals surface area contributed by atoms with Crippen molar-refractivity contribution in [2.24, 2.45) is 5.92 Å². The molecule has 0 aromatic heterocycles. The van der Waals surface area contributed by atoms with Crippen molar-refractivity contribution in [1.29, 1.82) is 0 Å². The number of carbonyl (C=O) groups is 4. The van der Waals surface area contributed by atoms with Crippen LogP contribution in [0.25, 0.3) is 0 Å². The molecule has 0 bridgehead atoms. The normalized spacial score (nSPS) is 22.8. The number of piperidine rings is 1. The van der Waals surface area contributed by atoms with Gasteiger partial charge in [-0.1, -0.05) is 26.0 Å². The molecule has 3 aliphatic rings. The molecule has 0 aliphatic carbocycles. The summed E-state index contributed by atoms with van der Waals surface area (Å²) in [5, 5.41) is 3.10. The quantitative estimate of drug-likeness (QED) is 0.666. The largest absolute Gasteiger partial charge is 0.353 e. The third kappa shape index (κ3) is 4.68. The highest BCUT2D eigenvalue weighted by atomic mass is 16.2. The summed E-state index contributed by atoms with van der Waals surface area (Å²) in [6, 6.07) is 7.34. The van der Waals surface area contributed by atoms with Gasteiger partial charge >= 0.3 is 0 Å². The first-order chi connectivity index (χ1) is 16.2. The van der Waals surface area contributed by atoms with Gasteiger partial charge in [-0.15, -0.1) is 0 Å². The third-order valence-electron chi connectivity index (χ3n) is 7.33. The minimum atomic E-state index is -0.686. The van der Waals surface area contributed by atoms with Gasteiger partial charge < -0.3 is 15.1 Å². The van der Waals surface area contributed by atoms with Gasteiger partial charge in [-0.25, -0.2) is 0 Å². The maximum atomic E-state index is 13.3. The van der Waals surface area contributed by atoms with E-state index in [1.807, 2.05) is 43.9 Å². The van der Waals surface area contributed by atoms with Crippen LogP contribution in [-0.2, 0) is 14.4 Å². The van der Waals surface area contributed by atoms with Crippen LogP contribution in [0.3, 0.4) is 0 Å². The van der Waals surface area contributed by atoms with Crippen LogP contribution < -0.4 is 10.2 Å². The van der Waals surface area contributed by atoms with Crippen LogP contribution in [-0.4, -0.2) is 64.8 Å². The Morgan fingerprint density at radius 2 is 1.85 bits per heavy atom. The summed E-state index contributed by atoms with van der Waals surface area (Å²) < 4.78 is 0. The monoisotopic (exact) mass is 468 g/mol. The number of benzene rings is 1. The van der Waals surface area contributed by atoms with Gasteiger partial charge in [0.15, 0.2) is 0 Å². The lowest BCUT2D eigenvalue weighted by Gasteiger charge is -2.48. The molecule has 3 aliphatic heterocycles. The number of hydrogen-bond donors (Lipinski definition) is 1. The van der Waals surface area contributed by atoms with Gasteiger partial charge in [-0.05, 0) is 50.7 Å². The van der Waals surface area contributed by atoms with Crippen molar-refractivity contribution in [1.82, 2.24) is 15.1 Å². The Balaban J connectivity index is 1.29. The Hall–Kier alpha value is -2.90. The van der Waals surface area contributed by atoms with Crippen LogP contribution in [0.15, 0.2) is 24.3 Å². The lowest BCUT2D eigenvalue weighted by Crippen LogP contribution is -2.62. The van der Waals surface area contributed by atoms with Crippen LogP contribution >= 0.6 is 0 Å². The second-order valence-electron chi connectivity index (χ2n) is 10.3. The Labute approximate surface area is 201 Å². The number of hydrogen-bond acceptors (Lipinski definition) is 4. The molecule has 4 rings (SSSR count). The minimum absolute atomic E-state index is 0.0266. The average molecular weight is 469 g/mol. The zero-order valence-electron chi connectivity index (χ0n) is 20.5. The molecule has 3 heterocycles. The molecular formula is C26H36N4O4. The summed E-state index contributed by atoms with van der Waals surface area (Å²) in [4.78, 5) is 56.2. The van der Waals surface area contributed by atoms with E-state index in [-0.39, 0.29) is 29.7 Å². The molecular weight excluding hydrogens is 432 g/mol. The summed E-state index contributed by atoms with van der Waals surface area (Å²) in [7, 11) is 0. The Kier molecular flexibility index (Phi) is 6.96. The van der Waals surface area contributed by atoms with Crippen LogP contribution in [0, 0.1) is 5.92 Å². The molecule has 1 atom stereocenters. The lowest BCUT2D eigenvalue weighted by atomic mass is 9.97. The highest BCUT2D eigenvalue weighted by Crippen LogP contribution is 2.44. The van der Waals surface area contributed by atoms with Gasteiger partial charge in [-0.3, -0.25) is 24.1 Å². The molecule has 0 saturated carbocycles. The van der Waals surface area contributed by atoms with E-state index in [1.165, 1.54) is 0 Å². The SMILES string of the molecule is CC(C)CC(=O)N1CCC(NC(=O)CCCN2C(=O)c3ccccc3N3C(=O)CCC23C)CC1. The van der Waals surface area contributed by atoms with Crippen molar-refractivity contribution >= 4 is 29.3 Å². The van der Waals surface area contributed by atoms with Gasteiger partial charge in [0, 0.05) is 44.9 Å². The first-order valence-electron chi connectivity index (χ1n) is 12.5. The molecule has 1 N–H and O–H groups in total. The summed E-state index contributed by atoms with van der Waals surface area (Å²) in [5.41, 5.74) is 0.539. The molecule has 2 saturated heterocycles. The summed E-state index contributed by atoms with van der Waals surface area (Å²) >= 11 is 0. The Morgan fingerprint density at radius 1 is 1.15 bits per heavy atom. The predicted molar refractivity (Wildman–Crippen MR) is 129 cm³/mol. The van der Waals surface area contributed by atoms with Gasteiger partial charge in [-0.2, -0.15) is 0 Å². The maximum absolute atomic E-state index is 13.3. The summed E-state index contributed by atoms with van der Waals surface area (Å²) in [6.45, 7) is 7.82. The van der Waals surface area contributed by atoms with Crippen molar-refractivity contribution in [3.63, 3.8) is 0 Å². The minimum Gasteiger partial charge on any atom is -0.353 e. The molecule has 2 fully saturated rings. The summed E-state index contributed by atoms with van der Waals surface area (Å²) in [6.07, 6.45) is 3.96. The third-order valence-corrected chi connectivity index (χ3v) is 7.33. The maximum Gasteiger partial charge on any atom is 0.257 e. The van der Waals surface area contributed by atoms with E-state index in [9.17, 15) is 19.2 Å². The number of fused-ring (bicyclic) bond motifs is 3. The van der Waals surface area contributed by atoms with Crippen LogP contribution in [0.4, 0.5) is 5.69 Å². The fraction of sp³-hybridized carbons (Fsp3) is 0.615. The van der Waals surface area contributed by atoms with E-state index >= 15 is 0 Å². The van der Waals surface area contributed by atoms with Crippen LogP contribution in [0.5, 0.6) is 0 Å². The van der Waals surface area contributed by atoms with Crippen LogP contribution in [0.1, 0.15) is 76.1 Å². The fourth-order valence-electron chi connectivity index (χ4n) is 5.49. The van der Waals surface area contributed by atoms with E-state index in [2.05, 4.69) is 5.32 Å². The summed E-state index contributed by atoms with van der Waals surface area (Å²) in [5.74, 6) is 0.468. The van der Waals surface area contributed by atoms with E-state index in [1.54, 1.807) is 15.9 Å². The van der Waals surface area contributed by atoms with Crippen molar-refractivity contribution in [3.05, 3.63) is 29.8 Å². The molecule has 184 valence electrons. The molecule has 4 amide bonds. The second kappa shape index (κ2) is 9.76. The highest BCUT2D eigenvalue weighted by molar-refractivity contribution is 6.10. The van der Waals surface area contributed by atoms with E-state index in [4.69, 9.17) is 0 Å². The number of likely N-dealkylation sites (tertiary alicyclic amines) is 1. The molecule has 0 radical (unpaired) electrons. The smallest absolute Gasteiger partial charge is 0.257 e. The van der Waals surface area contributed by atoms with Gasteiger partial charge in [0.2, 0.25) is 17.7 Å². The highest BCUT2D eigenvalue weighted by Gasteiger charge is 2.52. The second-order valence-corrected chi connectivity index (χ2v) is 10.3. The number of para-hydroxylation sites is 1. The van der Waals surface area contributed by atoms with Crippen LogP contribution in [0.2, 0.25) is 0 Å². The fourth-order valence-corrected chi connectivity index (χ4v) is 5.49. The van der Waals surface area contributed by atoms with Gasteiger partial charge in [0.25, 0.3) is 5.91 Å². The zero-order valence-corrected chi connectivity index (χ0v) is 20.5. The zero-order chi connectivity index (χ0) is 24.5. The molecule has 1 aromatic carbocycles. The van der Waals surface area contributed by atoms with E-state index < -0.39 is 5.66 Å². The van der Waals surface area contributed by atoms with Gasteiger partial charge in [0.05, 0.1) is 11.3 Å². The topological polar surface area (TPSA) is 90.0 Å². The number of anilines is 1. The first kappa shape index (κ1) is 24.2. The van der Waals surface area contributed by atoms with E-state index in [0.717, 1.165) is 12.8 Å².